The molecule has 2 N–H and O–H groups in total. The number of aryl methyl sites for hydroxylation is 3. The number of thioether (sulfide) groups is 1. The Morgan fingerprint density at radius 3 is 2.32 bits per heavy atom. The van der Waals surface area contributed by atoms with Crippen molar-refractivity contribution < 1.29 is 9.59 Å². The third-order valence-corrected chi connectivity index (χ3v) is 5.23. The standard InChI is InChI=1S/C17H24N2O2S/c1-11-8-12(2)16(13(3)9-11)22-10-15(20)19-17(21)18-14-6-4-5-7-14/h8-9,14H,4-7,10H2,1-3H3,(H2,18,19,20,21). The molecule has 0 aromatic heterocycles. The van der Waals surface area contributed by atoms with Gasteiger partial charge in [0.2, 0.25) is 5.91 Å². The Balaban J connectivity index is 1.81. The van der Waals surface area contributed by atoms with E-state index in [0.717, 1.165) is 30.6 Å². The molecule has 0 saturated heterocycles. The number of amides is 3. The number of imide groups is 1. The Morgan fingerprint density at radius 1 is 1.14 bits per heavy atom. The maximum absolute atomic E-state index is 11.9. The van der Waals surface area contributed by atoms with Crippen molar-refractivity contribution in [3.8, 4) is 0 Å². The summed E-state index contributed by atoms with van der Waals surface area (Å²) >= 11 is 1.48. The van der Waals surface area contributed by atoms with Crippen LogP contribution in [0.2, 0.25) is 0 Å². The third kappa shape index (κ3) is 4.77. The summed E-state index contributed by atoms with van der Waals surface area (Å²) in [6, 6.07) is 4.08. The van der Waals surface area contributed by atoms with E-state index in [9.17, 15) is 9.59 Å². The number of hydrogen-bond donors (Lipinski definition) is 2. The van der Waals surface area contributed by atoms with Crippen LogP contribution in [0, 0.1) is 20.8 Å². The molecule has 1 saturated carbocycles. The van der Waals surface area contributed by atoms with Gasteiger partial charge >= 0.3 is 6.03 Å². The molecule has 1 aromatic rings. The van der Waals surface area contributed by atoms with Gasteiger partial charge in [0.1, 0.15) is 0 Å². The first kappa shape index (κ1) is 16.9. The topological polar surface area (TPSA) is 58.2 Å². The first-order chi connectivity index (χ1) is 10.5. The van der Waals surface area contributed by atoms with Crippen molar-refractivity contribution >= 4 is 23.7 Å². The highest BCUT2D eigenvalue weighted by atomic mass is 32.2. The zero-order valence-corrected chi connectivity index (χ0v) is 14.3. The van der Waals surface area contributed by atoms with Crippen LogP contribution in [0.3, 0.4) is 0 Å². The summed E-state index contributed by atoms with van der Waals surface area (Å²) in [6.45, 7) is 6.16. The van der Waals surface area contributed by atoms with E-state index in [1.165, 1.54) is 28.5 Å². The molecule has 22 heavy (non-hydrogen) atoms. The van der Waals surface area contributed by atoms with Gasteiger partial charge in [0.05, 0.1) is 5.75 Å². The Bertz CT molecular complexity index is 543. The number of nitrogens with one attached hydrogen (secondary N) is 2. The van der Waals surface area contributed by atoms with E-state index in [1.54, 1.807) is 0 Å². The summed E-state index contributed by atoms with van der Waals surface area (Å²) < 4.78 is 0. The van der Waals surface area contributed by atoms with Crippen molar-refractivity contribution in [1.29, 1.82) is 0 Å². The first-order valence-electron chi connectivity index (χ1n) is 7.76. The molecular formula is C17H24N2O2S. The Morgan fingerprint density at radius 2 is 1.73 bits per heavy atom. The second-order valence-corrected chi connectivity index (χ2v) is 7.01. The summed E-state index contributed by atoms with van der Waals surface area (Å²) in [6.07, 6.45) is 4.33. The Hall–Kier alpha value is -1.49. The molecule has 1 aliphatic rings. The number of carbonyl (C=O) groups is 2. The summed E-state index contributed by atoms with van der Waals surface area (Å²) in [7, 11) is 0. The second kappa shape index (κ2) is 7.68. The number of urea groups is 1. The van der Waals surface area contributed by atoms with E-state index in [4.69, 9.17) is 0 Å². The normalized spacial score (nSPS) is 14.9. The largest absolute Gasteiger partial charge is 0.335 e. The van der Waals surface area contributed by atoms with Crippen molar-refractivity contribution in [1.82, 2.24) is 10.6 Å². The molecule has 2 rings (SSSR count). The van der Waals surface area contributed by atoms with Crippen molar-refractivity contribution in [2.45, 2.75) is 57.4 Å². The maximum Gasteiger partial charge on any atom is 0.321 e. The summed E-state index contributed by atoms with van der Waals surface area (Å²) in [5.41, 5.74) is 3.57. The minimum absolute atomic E-state index is 0.224. The van der Waals surface area contributed by atoms with Crippen molar-refractivity contribution in [2.24, 2.45) is 0 Å². The van der Waals surface area contributed by atoms with Gasteiger partial charge in [0, 0.05) is 10.9 Å². The minimum atomic E-state index is -0.366. The monoisotopic (exact) mass is 320 g/mol. The first-order valence-corrected chi connectivity index (χ1v) is 8.75. The zero-order valence-electron chi connectivity index (χ0n) is 13.5. The lowest BCUT2D eigenvalue weighted by atomic mass is 10.1. The zero-order chi connectivity index (χ0) is 16.1. The fourth-order valence-corrected chi connectivity index (χ4v) is 3.91. The fraction of sp³-hybridized carbons (Fsp3) is 0.529. The van der Waals surface area contributed by atoms with E-state index in [0.29, 0.717) is 0 Å². The highest BCUT2D eigenvalue weighted by molar-refractivity contribution is 8.00. The highest BCUT2D eigenvalue weighted by Gasteiger charge is 2.18. The average molecular weight is 320 g/mol. The summed E-state index contributed by atoms with van der Waals surface area (Å²) in [4.78, 5) is 24.8. The lowest BCUT2D eigenvalue weighted by Gasteiger charge is -2.13. The predicted molar refractivity (Wildman–Crippen MR) is 90.3 cm³/mol. The molecule has 5 heteroatoms. The van der Waals surface area contributed by atoms with Crippen molar-refractivity contribution in [2.75, 3.05) is 5.75 Å². The Kier molecular flexibility index (Phi) is 5.89. The number of rotatable bonds is 4. The van der Waals surface area contributed by atoms with Gasteiger partial charge in [-0.1, -0.05) is 30.5 Å². The molecule has 3 amide bonds. The van der Waals surface area contributed by atoms with Gasteiger partial charge in [-0.05, 0) is 44.7 Å². The molecule has 4 nitrogen and oxygen atoms in total. The van der Waals surface area contributed by atoms with Crippen LogP contribution in [0.1, 0.15) is 42.4 Å². The highest BCUT2D eigenvalue weighted by Crippen LogP contribution is 2.27. The molecule has 0 unspecified atom stereocenters. The van der Waals surface area contributed by atoms with Crippen molar-refractivity contribution in [3.63, 3.8) is 0 Å². The number of benzene rings is 1. The van der Waals surface area contributed by atoms with E-state index in [-0.39, 0.29) is 23.7 Å². The van der Waals surface area contributed by atoms with Gasteiger partial charge in [-0.15, -0.1) is 11.8 Å². The molecular weight excluding hydrogens is 296 g/mol. The van der Waals surface area contributed by atoms with E-state index in [1.807, 2.05) is 13.8 Å². The van der Waals surface area contributed by atoms with E-state index >= 15 is 0 Å². The fourth-order valence-electron chi connectivity index (χ4n) is 2.99. The Labute approximate surface area is 136 Å². The van der Waals surface area contributed by atoms with Crippen LogP contribution in [0.4, 0.5) is 4.79 Å². The van der Waals surface area contributed by atoms with Crippen LogP contribution < -0.4 is 10.6 Å². The molecule has 0 radical (unpaired) electrons. The molecule has 120 valence electrons. The SMILES string of the molecule is Cc1cc(C)c(SCC(=O)NC(=O)NC2CCCC2)c(C)c1. The van der Waals surface area contributed by atoms with Crippen LogP contribution in [0.15, 0.2) is 17.0 Å². The van der Waals surface area contributed by atoms with E-state index in [2.05, 4.69) is 29.7 Å². The van der Waals surface area contributed by atoms with Gasteiger partial charge in [-0.25, -0.2) is 4.79 Å². The van der Waals surface area contributed by atoms with Gasteiger partial charge < -0.3 is 5.32 Å². The molecule has 0 aliphatic heterocycles. The number of carbonyl (C=O) groups excluding carboxylic acids is 2. The molecule has 1 aliphatic carbocycles. The third-order valence-electron chi connectivity index (χ3n) is 3.90. The summed E-state index contributed by atoms with van der Waals surface area (Å²) in [5.74, 6) is 0.00269. The van der Waals surface area contributed by atoms with Gasteiger partial charge in [0.15, 0.2) is 0 Å². The van der Waals surface area contributed by atoms with Gasteiger partial charge in [0.25, 0.3) is 0 Å². The van der Waals surface area contributed by atoms with Crippen LogP contribution in [-0.4, -0.2) is 23.7 Å². The quantitative estimate of drug-likeness (QED) is 0.835. The predicted octanol–water partition coefficient (Wildman–Crippen LogP) is 3.47. The summed E-state index contributed by atoms with van der Waals surface area (Å²) in [5, 5.41) is 5.28. The maximum atomic E-state index is 11.9. The molecule has 0 atom stereocenters. The average Bonchev–Trinajstić information content (AvgIpc) is 2.89. The van der Waals surface area contributed by atoms with Crippen LogP contribution >= 0.6 is 11.8 Å². The lowest BCUT2D eigenvalue weighted by molar-refractivity contribution is -0.117. The van der Waals surface area contributed by atoms with Crippen LogP contribution in [-0.2, 0) is 4.79 Å². The van der Waals surface area contributed by atoms with E-state index < -0.39 is 0 Å². The molecule has 1 aromatic carbocycles. The van der Waals surface area contributed by atoms with Crippen LogP contribution in [0.25, 0.3) is 0 Å². The van der Waals surface area contributed by atoms with Crippen molar-refractivity contribution in [3.05, 3.63) is 28.8 Å². The molecule has 0 heterocycles. The second-order valence-electron chi connectivity index (χ2n) is 6.02. The van der Waals surface area contributed by atoms with Gasteiger partial charge in [-0.3, -0.25) is 10.1 Å². The smallest absolute Gasteiger partial charge is 0.321 e. The molecule has 0 bridgehead atoms. The van der Waals surface area contributed by atoms with Gasteiger partial charge in [-0.2, -0.15) is 0 Å². The molecule has 0 spiro atoms. The number of hydrogen-bond acceptors (Lipinski definition) is 3. The lowest BCUT2D eigenvalue weighted by Crippen LogP contribution is -2.44. The molecule has 1 fully saturated rings. The minimum Gasteiger partial charge on any atom is -0.335 e. The van der Waals surface area contributed by atoms with Crippen LogP contribution in [0.5, 0.6) is 0 Å².